The molecule has 1 heterocycles. The summed E-state index contributed by atoms with van der Waals surface area (Å²) in [7, 11) is -2.95. The van der Waals surface area contributed by atoms with E-state index in [1.165, 1.54) is 6.08 Å². The summed E-state index contributed by atoms with van der Waals surface area (Å²) in [5.41, 5.74) is 2.11. The van der Waals surface area contributed by atoms with Gasteiger partial charge in [0.05, 0.1) is 11.5 Å². The number of carbonyl (C=O) groups excluding carboxylic acids is 1. The van der Waals surface area contributed by atoms with Crippen LogP contribution in [0.15, 0.2) is 30.3 Å². The van der Waals surface area contributed by atoms with Crippen LogP contribution in [0.5, 0.6) is 0 Å². The Kier molecular flexibility index (Phi) is 4.04. The predicted octanol–water partition coefficient (Wildman–Crippen LogP) is 1.31. The standard InChI is InChI=1S/C14H17NO3S/c1-11-2-4-12(5-3-11)6-7-14(16)15-13-8-9-19(17,18)10-13/h2-7,13H,8-10H2,1H3,(H,15,16)/b7-6+. The van der Waals surface area contributed by atoms with Crippen molar-refractivity contribution in [1.29, 1.82) is 0 Å². The van der Waals surface area contributed by atoms with Crippen molar-refractivity contribution in [2.45, 2.75) is 19.4 Å². The van der Waals surface area contributed by atoms with Crippen molar-refractivity contribution in [2.24, 2.45) is 0 Å². The van der Waals surface area contributed by atoms with Crippen LogP contribution in [-0.2, 0) is 14.6 Å². The third-order valence-electron chi connectivity index (χ3n) is 3.08. The highest BCUT2D eigenvalue weighted by atomic mass is 32.2. The Morgan fingerprint density at radius 2 is 2.00 bits per heavy atom. The second-order valence-corrected chi connectivity index (χ2v) is 7.08. The van der Waals surface area contributed by atoms with Crippen molar-refractivity contribution < 1.29 is 13.2 Å². The van der Waals surface area contributed by atoms with Gasteiger partial charge in [0, 0.05) is 12.1 Å². The van der Waals surface area contributed by atoms with Gasteiger partial charge in [-0.1, -0.05) is 29.8 Å². The van der Waals surface area contributed by atoms with Gasteiger partial charge in [-0.3, -0.25) is 4.79 Å². The summed E-state index contributed by atoms with van der Waals surface area (Å²) in [5, 5.41) is 2.71. The molecule has 19 heavy (non-hydrogen) atoms. The fraction of sp³-hybridized carbons (Fsp3) is 0.357. The van der Waals surface area contributed by atoms with Crippen molar-refractivity contribution in [3.63, 3.8) is 0 Å². The van der Waals surface area contributed by atoms with E-state index < -0.39 is 9.84 Å². The average molecular weight is 279 g/mol. The first kappa shape index (κ1) is 13.8. The van der Waals surface area contributed by atoms with E-state index in [4.69, 9.17) is 0 Å². The number of aryl methyl sites for hydroxylation is 1. The molecular formula is C14H17NO3S. The molecule has 0 aliphatic carbocycles. The van der Waals surface area contributed by atoms with Crippen LogP contribution < -0.4 is 5.32 Å². The molecule has 1 amide bonds. The van der Waals surface area contributed by atoms with E-state index in [-0.39, 0.29) is 23.5 Å². The maximum absolute atomic E-state index is 11.7. The lowest BCUT2D eigenvalue weighted by Crippen LogP contribution is -2.34. The fourth-order valence-corrected chi connectivity index (χ4v) is 3.68. The first-order chi connectivity index (χ1) is 8.94. The molecular weight excluding hydrogens is 262 g/mol. The van der Waals surface area contributed by atoms with Crippen molar-refractivity contribution in [2.75, 3.05) is 11.5 Å². The lowest BCUT2D eigenvalue weighted by atomic mass is 10.1. The Hall–Kier alpha value is -1.62. The van der Waals surface area contributed by atoms with Crippen LogP contribution >= 0.6 is 0 Å². The molecule has 0 spiro atoms. The maximum Gasteiger partial charge on any atom is 0.244 e. The first-order valence-electron chi connectivity index (χ1n) is 6.20. The Balaban J connectivity index is 1.89. The molecule has 1 N–H and O–H groups in total. The van der Waals surface area contributed by atoms with Gasteiger partial charge in [0.2, 0.25) is 5.91 Å². The second kappa shape index (κ2) is 5.57. The van der Waals surface area contributed by atoms with Crippen LogP contribution in [0.2, 0.25) is 0 Å². The van der Waals surface area contributed by atoms with Gasteiger partial charge in [0.25, 0.3) is 0 Å². The van der Waals surface area contributed by atoms with Crippen LogP contribution in [0.3, 0.4) is 0 Å². The first-order valence-corrected chi connectivity index (χ1v) is 8.02. The van der Waals surface area contributed by atoms with E-state index in [0.29, 0.717) is 6.42 Å². The third-order valence-corrected chi connectivity index (χ3v) is 4.85. The summed E-state index contributed by atoms with van der Waals surface area (Å²) in [6, 6.07) is 7.56. The van der Waals surface area contributed by atoms with Crippen LogP contribution in [0.1, 0.15) is 17.5 Å². The van der Waals surface area contributed by atoms with E-state index in [1.54, 1.807) is 6.08 Å². The molecule has 1 saturated heterocycles. The van der Waals surface area contributed by atoms with Crippen LogP contribution in [0, 0.1) is 6.92 Å². The molecule has 1 aliphatic rings. The van der Waals surface area contributed by atoms with E-state index in [0.717, 1.165) is 11.1 Å². The molecule has 1 fully saturated rings. The summed E-state index contributed by atoms with van der Waals surface area (Å²) in [6.45, 7) is 2.00. The summed E-state index contributed by atoms with van der Waals surface area (Å²) < 4.78 is 22.5. The van der Waals surface area contributed by atoms with E-state index in [1.807, 2.05) is 31.2 Å². The fourth-order valence-electron chi connectivity index (χ4n) is 2.01. The Morgan fingerprint density at radius 3 is 2.58 bits per heavy atom. The minimum Gasteiger partial charge on any atom is -0.349 e. The SMILES string of the molecule is Cc1ccc(/C=C/C(=O)NC2CCS(=O)(=O)C2)cc1. The van der Waals surface area contributed by atoms with Gasteiger partial charge in [-0.25, -0.2) is 8.42 Å². The molecule has 1 unspecified atom stereocenters. The largest absolute Gasteiger partial charge is 0.349 e. The van der Waals surface area contributed by atoms with E-state index in [2.05, 4.69) is 5.32 Å². The maximum atomic E-state index is 11.7. The van der Waals surface area contributed by atoms with Crippen molar-refractivity contribution in [1.82, 2.24) is 5.32 Å². The average Bonchev–Trinajstić information content (AvgIpc) is 2.68. The Labute approximate surface area is 113 Å². The monoisotopic (exact) mass is 279 g/mol. The smallest absolute Gasteiger partial charge is 0.244 e. The number of rotatable bonds is 3. The minimum atomic E-state index is -2.95. The van der Waals surface area contributed by atoms with Crippen molar-refractivity contribution in [3.05, 3.63) is 41.5 Å². The molecule has 102 valence electrons. The van der Waals surface area contributed by atoms with Gasteiger partial charge >= 0.3 is 0 Å². The van der Waals surface area contributed by atoms with E-state index >= 15 is 0 Å². The minimum absolute atomic E-state index is 0.0527. The van der Waals surface area contributed by atoms with Crippen LogP contribution in [0.4, 0.5) is 0 Å². The molecule has 2 rings (SSSR count). The highest BCUT2D eigenvalue weighted by Crippen LogP contribution is 2.11. The molecule has 0 bridgehead atoms. The molecule has 1 aromatic rings. The summed E-state index contributed by atoms with van der Waals surface area (Å²) in [6.07, 6.45) is 3.67. The quantitative estimate of drug-likeness (QED) is 0.849. The zero-order valence-corrected chi connectivity index (χ0v) is 11.6. The lowest BCUT2D eigenvalue weighted by molar-refractivity contribution is -0.116. The number of nitrogens with one attached hydrogen (secondary N) is 1. The third kappa shape index (κ3) is 4.21. The van der Waals surface area contributed by atoms with Gasteiger partial charge < -0.3 is 5.32 Å². The van der Waals surface area contributed by atoms with Gasteiger partial charge in [-0.2, -0.15) is 0 Å². The number of hydrogen-bond acceptors (Lipinski definition) is 3. The number of amides is 1. The normalized spacial score (nSPS) is 21.6. The summed E-state index contributed by atoms with van der Waals surface area (Å²) in [4.78, 5) is 11.7. The van der Waals surface area contributed by atoms with Crippen molar-refractivity contribution in [3.8, 4) is 0 Å². The molecule has 1 atom stereocenters. The molecule has 5 heteroatoms. The number of benzene rings is 1. The van der Waals surface area contributed by atoms with E-state index in [9.17, 15) is 13.2 Å². The highest BCUT2D eigenvalue weighted by molar-refractivity contribution is 7.91. The topological polar surface area (TPSA) is 63.2 Å². The van der Waals surface area contributed by atoms with Gasteiger partial charge in [-0.05, 0) is 25.0 Å². The molecule has 1 aliphatic heterocycles. The molecule has 4 nitrogen and oxygen atoms in total. The van der Waals surface area contributed by atoms with Gasteiger partial charge in [0.1, 0.15) is 0 Å². The number of hydrogen-bond donors (Lipinski definition) is 1. The Bertz CT molecular complexity index is 588. The zero-order chi connectivity index (χ0) is 13.9. The number of carbonyl (C=O) groups is 1. The summed E-state index contributed by atoms with van der Waals surface area (Å²) in [5.74, 6) is -0.0285. The zero-order valence-electron chi connectivity index (χ0n) is 10.8. The highest BCUT2D eigenvalue weighted by Gasteiger charge is 2.28. The lowest BCUT2D eigenvalue weighted by Gasteiger charge is -2.07. The molecule has 0 saturated carbocycles. The Morgan fingerprint density at radius 1 is 1.32 bits per heavy atom. The summed E-state index contributed by atoms with van der Waals surface area (Å²) >= 11 is 0. The predicted molar refractivity (Wildman–Crippen MR) is 75.4 cm³/mol. The van der Waals surface area contributed by atoms with Crippen LogP contribution in [-0.4, -0.2) is 31.9 Å². The second-order valence-electron chi connectivity index (χ2n) is 4.85. The van der Waals surface area contributed by atoms with Gasteiger partial charge in [0.15, 0.2) is 9.84 Å². The number of sulfone groups is 1. The van der Waals surface area contributed by atoms with Gasteiger partial charge in [-0.15, -0.1) is 0 Å². The molecule has 1 aromatic carbocycles. The molecule has 0 aromatic heterocycles. The van der Waals surface area contributed by atoms with Crippen LogP contribution in [0.25, 0.3) is 6.08 Å². The van der Waals surface area contributed by atoms with Crippen molar-refractivity contribution >= 4 is 21.8 Å². The molecule has 0 radical (unpaired) electrons.